The van der Waals surface area contributed by atoms with Crippen LogP contribution in [0.25, 0.3) is 5.69 Å². The Kier molecular flexibility index (Phi) is 6.26. The molecule has 2 aromatic heterocycles. The summed E-state index contributed by atoms with van der Waals surface area (Å²) in [7, 11) is 0. The Morgan fingerprint density at radius 1 is 1.00 bits per heavy atom. The van der Waals surface area contributed by atoms with Gasteiger partial charge in [-0.3, -0.25) is 4.79 Å². The van der Waals surface area contributed by atoms with E-state index in [1.54, 1.807) is 19.2 Å². The van der Waals surface area contributed by atoms with Gasteiger partial charge in [0.1, 0.15) is 11.3 Å². The number of esters is 1. The van der Waals surface area contributed by atoms with Crippen LogP contribution in [0.3, 0.4) is 0 Å². The van der Waals surface area contributed by atoms with Gasteiger partial charge in [0.25, 0.3) is 5.91 Å². The zero-order valence-electron chi connectivity index (χ0n) is 17.3. The van der Waals surface area contributed by atoms with E-state index >= 15 is 0 Å². The fourth-order valence-corrected chi connectivity index (χ4v) is 2.98. The number of benzene rings is 2. The highest BCUT2D eigenvalue weighted by Crippen LogP contribution is 2.22. The zero-order valence-corrected chi connectivity index (χ0v) is 17.3. The van der Waals surface area contributed by atoms with Crippen molar-refractivity contribution in [2.45, 2.75) is 13.7 Å². The van der Waals surface area contributed by atoms with E-state index < -0.39 is 11.9 Å². The van der Waals surface area contributed by atoms with Crippen LogP contribution in [0.2, 0.25) is 0 Å². The van der Waals surface area contributed by atoms with Crippen LogP contribution in [0.15, 0.2) is 79.1 Å². The lowest BCUT2D eigenvalue weighted by molar-refractivity contribution is 0.0527. The molecule has 0 fully saturated rings. The van der Waals surface area contributed by atoms with E-state index in [1.165, 1.54) is 15.6 Å². The van der Waals surface area contributed by atoms with Crippen LogP contribution in [-0.4, -0.2) is 38.0 Å². The van der Waals surface area contributed by atoms with Gasteiger partial charge >= 0.3 is 5.97 Å². The lowest BCUT2D eigenvalue weighted by atomic mass is 10.3. The quantitative estimate of drug-likeness (QED) is 0.429. The van der Waals surface area contributed by atoms with Gasteiger partial charge in [0.2, 0.25) is 0 Å². The average molecular weight is 431 g/mol. The number of carbonyl (C=O) groups is 2. The van der Waals surface area contributed by atoms with E-state index in [2.05, 4.69) is 15.5 Å². The molecular weight excluding hydrogens is 410 g/mol. The fourth-order valence-electron chi connectivity index (χ4n) is 2.98. The predicted octanol–water partition coefficient (Wildman–Crippen LogP) is 3.53. The molecule has 0 saturated heterocycles. The molecule has 0 saturated carbocycles. The molecule has 1 N–H and O–H groups in total. The number of ether oxygens (including phenoxy) is 2. The number of anilines is 1. The normalized spacial score (nSPS) is 10.5. The second-order valence-electron chi connectivity index (χ2n) is 6.66. The number of amides is 1. The average Bonchev–Trinajstić information content (AvgIpc) is 3.47. The SMILES string of the molecule is CCOC(=O)c1cnn(-c2ccccc2)c1NC(=O)c1ccn(COc2ccccc2)n1. The summed E-state index contributed by atoms with van der Waals surface area (Å²) in [6.45, 7) is 2.06. The maximum Gasteiger partial charge on any atom is 0.343 e. The number of aromatic nitrogens is 4. The second kappa shape index (κ2) is 9.61. The summed E-state index contributed by atoms with van der Waals surface area (Å²) in [6.07, 6.45) is 3.01. The molecule has 2 aromatic carbocycles. The van der Waals surface area contributed by atoms with E-state index in [0.29, 0.717) is 11.4 Å². The first-order valence-electron chi connectivity index (χ1n) is 9.99. The number of nitrogens with zero attached hydrogens (tertiary/aromatic N) is 4. The molecule has 0 aliphatic heterocycles. The smallest absolute Gasteiger partial charge is 0.343 e. The van der Waals surface area contributed by atoms with E-state index in [9.17, 15) is 9.59 Å². The molecule has 9 heteroatoms. The molecule has 0 spiro atoms. The number of rotatable bonds is 8. The van der Waals surface area contributed by atoms with Crippen LogP contribution in [0, 0.1) is 0 Å². The van der Waals surface area contributed by atoms with Crippen molar-refractivity contribution in [2.24, 2.45) is 0 Å². The number of carbonyl (C=O) groups excluding carboxylic acids is 2. The Morgan fingerprint density at radius 2 is 1.72 bits per heavy atom. The number of hydrogen-bond acceptors (Lipinski definition) is 6. The van der Waals surface area contributed by atoms with Gasteiger partial charge in [-0.2, -0.15) is 10.2 Å². The largest absolute Gasteiger partial charge is 0.471 e. The van der Waals surface area contributed by atoms with Crippen molar-refractivity contribution in [2.75, 3.05) is 11.9 Å². The molecule has 1 amide bonds. The van der Waals surface area contributed by atoms with Gasteiger partial charge in [0.05, 0.1) is 18.5 Å². The van der Waals surface area contributed by atoms with Gasteiger partial charge in [0.15, 0.2) is 18.2 Å². The van der Waals surface area contributed by atoms with Crippen LogP contribution >= 0.6 is 0 Å². The number of para-hydroxylation sites is 2. The molecule has 162 valence electrons. The van der Waals surface area contributed by atoms with Crippen LogP contribution in [-0.2, 0) is 11.5 Å². The van der Waals surface area contributed by atoms with E-state index in [0.717, 1.165) is 0 Å². The summed E-state index contributed by atoms with van der Waals surface area (Å²) in [5.74, 6) is -0.173. The lowest BCUT2D eigenvalue weighted by Gasteiger charge is -2.10. The topological polar surface area (TPSA) is 100 Å². The van der Waals surface area contributed by atoms with Crippen LogP contribution in [0.5, 0.6) is 5.75 Å². The summed E-state index contributed by atoms with van der Waals surface area (Å²) in [5.41, 5.74) is 0.994. The summed E-state index contributed by atoms with van der Waals surface area (Å²) < 4.78 is 13.7. The molecule has 4 rings (SSSR count). The maximum absolute atomic E-state index is 12.9. The molecular formula is C23H21N5O4. The van der Waals surface area contributed by atoms with Crippen LogP contribution in [0.1, 0.15) is 27.8 Å². The van der Waals surface area contributed by atoms with Crippen molar-refractivity contribution in [3.63, 3.8) is 0 Å². The molecule has 0 unspecified atom stereocenters. The molecule has 0 bridgehead atoms. The third-order valence-electron chi connectivity index (χ3n) is 4.48. The summed E-state index contributed by atoms with van der Waals surface area (Å²) in [6, 6.07) is 20.0. The van der Waals surface area contributed by atoms with Crippen molar-refractivity contribution in [3.8, 4) is 11.4 Å². The van der Waals surface area contributed by atoms with Gasteiger partial charge in [-0.25, -0.2) is 14.2 Å². The van der Waals surface area contributed by atoms with E-state index in [-0.39, 0.29) is 30.4 Å². The third-order valence-corrected chi connectivity index (χ3v) is 4.48. The van der Waals surface area contributed by atoms with Gasteiger partial charge in [-0.15, -0.1) is 0 Å². The standard InChI is InChI=1S/C23H21N5O4/c1-2-31-23(30)19-15-24-28(17-9-5-3-6-10-17)21(19)25-22(29)20-13-14-27(26-20)16-32-18-11-7-4-8-12-18/h3-15H,2,16H2,1H3,(H,25,29). The Morgan fingerprint density at radius 3 is 2.44 bits per heavy atom. The molecule has 0 aliphatic carbocycles. The number of nitrogens with one attached hydrogen (secondary N) is 1. The Bertz CT molecular complexity index is 1200. The molecule has 9 nitrogen and oxygen atoms in total. The molecule has 0 atom stereocenters. The monoisotopic (exact) mass is 431 g/mol. The van der Waals surface area contributed by atoms with Crippen molar-refractivity contribution in [3.05, 3.63) is 90.4 Å². The first kappa shape index (κ1) is 20.9. The second-order valence-corrected chi connectivity index (χ2v) is 6.66. The molecule has 4 aromatic rings. The lowest BCUT2D eigenvalue weighted by Crippen LogP contribution is -2.19. The summed E-state index contributed by atoms with van der Waals surface area (Å²) in [4.78, 5) is 25.3. The van der Waals surface area contributed by atoms with Crippen LogP contribution in [0.4, 0.5) is 5.82 Å². The van der Waals surface area contributed by atoms with Crippen LogP contribution < -0.4 is 10.1 Å². The Labute approximate surface area is 184 Å². The highest BCUT2D eigenvalue weighted by molar-refractivity contribution is 6.06. The minimum absolute atomic E-state index is 0.146. The fraction of sp³-hybridized carbons (Fsp3) is 0.130. The van der Waals surface area contributed by atoms with Gasteiger partial charge < -0.3 is 14.8 Å². The van der Waals surface area contributed by atoms with Crippen molar-refractivity contribution < 1.29 is 19.1 Å². The summed E-state index contributed by atoms with van der Waals surface area (Å²) in [5, 5.41) is 11.3. The highest BCUT2D eigenvalue weighted by atomic mass is 16.5. The predicted molar refractivity (Wildman–Crippen MR) is 117 cm³/mol. The van der Waals surface area contributed by atoms with Gasteiger partial charge in [0, 0.05) is 6.20 Å². The minimum Gasteiger partial charge on any atom is -0.471 e. The Balaban J connectivity index is 1.54. The van der Waals surface area contributed by atoms with E-state index in [4.69, 9.17) is 9.47 Å². The van der Waals surface area contributed by atoms with Crippen molar-refractivity contribution in [1.82, 2.24) is 19.6 Å². The molecule has 0 radical (unpaired) electrons. The molecule has 0 aliphatic rings. The highest BCUT2D eigenvalue weighted by Gasteiger charge is 2.22. The first-order valence-corrected chi connectivity index (χ1v) is 9.99. The molecule has 32 heavy (non-hydrogen) atoms. The zero-order chi connectivity index (χ0) is 22.3. The number of hydrogen-bond donors (Lipinski definition) is 1. The molecule has 2 heterocycles. The summed E-state index contributed by atoms with van der Waals surface area (Å²) >= 11 is 0. The van der Waals surface area contributed by atoms with Crippen molar-refractivity contribution in [1.29, 1.82) is 0 Å². The van der Waals surface area contributed by atoms with Crippen molar-refractivity contribution >= 4 is 17.7 Å². The Hall–Kier alpha value is -4.40. The minimum atomic E-state index is -0.577. The van der Waals surface area contributed by atoms with Gasteiger partial charge in [-0.1, -0.05) is 36.4 Å². The van der Waals surface area contributed by atoms with E-state index in [1.807, 2.05) is 60.7 Å². The first-order chi connectivity index (χ1) is 15.7. The van der Waals surface area contributed by atoms with Gasteiger partial charge in [-0.05, 0) is 37.3 Å². The third kappa shape index (κ3) is 4.67. The maximum atomic E-state index is 12.9.